The van der Waals surface area contributed by atoms with Gasteiger partial charge in [-0.15, -0.1) is 0 Å². The summed E-state index contributed by atoms with van der Waals surface area (Å²) in [7, 11) is 0. The summed E-state index contributed by atoms with van der Waals surface area (Å²) in [4.78, 5) is 31.6. The van der Waals surface area contributed by atoms with Gasteiger partial charge in [0.15, 0.2) is 10.9 Å². The van der Waals surface area contributed by atoms with Crippen LogP contribution in [0.2, 0.25) is 10.0 Å². The van der Waals surface area contributed by atoms with Gasteiger partial charge in [0.1, 0.15) is 0 Å². The number of carbonyl (C=O) groups excluding carboxylic acids is 2. The predicted octanol–water partition coefficient (Wildman–Crippen LogP) is 6.85. The van der Waals surface area contributed by atoms with Crippen molar-refractivity contribution in [2.45, 2.75) is 39.5 Å². The first-order chi connectivity index (χ1) is 16.1. The van der Waals surface area contributed by atoms with E-state index in [9.17, 15) is 9.59 Å². The standard InChI is InChI=1S/C26H23Cl2N3O2S/c1-13-21(24(33)31-25-30-17-6-4-5-7-20(17)34-25)22(15-9-8-14(27)10-16(15)28)23-18(29-13)11-26(2,3)12-19(23)32/h4-10,22,29H,11-12H2,1-3H3,(H,30,31,33)/t22-/m1/s1. The maximum absolute atomic E-state index is 13.7. The summed E-state index contributed by atoms with van der Waals surface area (Å²) in [6.07, 6.45) is 1.11. The molecule has 3 aromatic rings. The van der Waals surface area contributed by atoms with Gasteiger partial charge in [0.25, 0.3) is 5.91 Å². The van der Waals surface area contributed by atoms with Gasteiger partial charge >= 0.3 is 0 Å². The summed E-state index contributed by atoms with van der Waals surface area (Å²) in [5.41, 5.74) is 3.94. The molecule has 2 N–H and O–H groups in total. The molecule has 0 unspecified atom stereocenters. The molecule has 5 nitrogen and oxygen atoms in total. The number of carbonyl (C=O) groups is 2. The van der Waals surface area contributed by atoms with Gasteiger partial charge in [-0.2, -0.15) is 0 Å². The molecule has 0 spiro atoms. The number of halogens is 2. The lowest BCUT2D eigenvalue weighted by Crippen LogP contribution is -2.39. The lowest BCUT2D eigenvalue weighted by molar-refractivity contribution is -0.118. The first-order valence-electron chi connectivity index (χ1n) is 11.0. The SMILES string of the molecule is CC1=C(C(=O)Nc2nc3ccccc3s2)[C@@H](c2ccc(Cl)cc2Cl)C2=C(CC(C)(C)CC2=O)N1. The molecule has 0 fully saturated rings. The Morgan fingerprint density at radius 3 is 2.68 bits per heavy atom. The van der Waals surface area contributed by atoms with E-state index in [0.717, 1.165) is 15.9 Å². The van der Waals surface area contributed by atoms with E-state index in [4.69, 9.17) is 23.2 Å². The third-order valence-corrected chi connectivity index (χ3v) is 7.79. The number of para-hydroxylation sites is 1. The first-order valence-corrected chi connectivity index (χ1v) is 12.6. The maximum atomic E-state index is 13.7. The van der Waals surface area contributed by atoms with Gasteiger partial charge in [-0.3, -0.25) is 14.9 Å². The third-order valence-electron chi connectivity index (χ3n) is 6.27. The average molecular weight is 512 g/mol. The number of aromatic nitrogens is 1. The van der Waals surface area contributed by atoms with Crippen molar-refractivity contribution < 1.29 is 9.59 Å². The van der Waals surface area contributed by atoms with Gasteiger partial charge in [0.2, 0.25) is 0 Å². The quantitative estimate of drug-likeness (QED) is 0.403. The van der Waals surface area contributed by atoms with Gasteiger partial charge in [0, 0.05) is 44.9 Å². The van der Waals surface area contributed by atoms with Gasteiger partial charge in [-0.05, 0) is 48.6 Å². The van der Waals surface area contributed by atoms with Crippen LogP contribution in [0.3, 0.4) is 0 Å². The molecule has 2 aromatic carbocycles. The molecule has 5 rings (SSSR count). The van der Waals surface area contributed by atoms with Gasteiger partial charge in [-0.1, -0.05) is 66.6 Å². The highest BCUT2D eigenvalue weighted by atomic mass is 35.5. The number of fused-ring (bicyclic) bond motifs is 1. The van der Waals surface area contributed by atoms with E-state index in [0.29, 0.717) is 50.4 Å². The molecule has 0 saturated carbocycles. The highest BCUT2D eigenvalue weighted by Crippen LogP contribution is 2.48. The highest BCUT2D eigenvalue weighted by molar-refractivity contribution is 7.22. The second-order valence-corrected chi connectivity index (χ2v) is 11.4. The Hall–Kier alpha value is -2.67. The van der Waals surface area contributed by atoms with Crippen LogP contribution < -0.4 is 10.6 Å². The van der Waals surface area contributed by atoms with Crippen LogP contribution in [0.5, 0.6) is 0 Å². The van der Waals surface area contributed by atoms with Crippen molar-refractivity contribution in [3.05, 3.63) is 80.6 Å². The third kappa shape index (κ3) is 4.15. The predicted molar refractivity (Wildman–Crippen MR) is 138 cm³/mol. The van der Waals surface area contributed by atoms with Crippen LogP contribution in [-0.2, 0) is 9.59 Å². The fourth-order valence-electron chi connectivity index (χ4n) is 4.87. The first kappa shape index (κ1) is 23.1. The summed E-state index contributed by atoms with van der Waals surface area (Å²) >= 11 is 14.2. The number of thiazole rings is 1. The van der Waals surface area contributed by atoms with Crippen molar-refractivity contribution in [1.82, 2.24) is 10.3 Å². The largest absolute Gasteiger partial charge is 0.362 e. The minimum Gasteiger partial charge on any atom is -0.362 e. The van der Waals surface area contributed by atoms with Gasteiger partial charge in [-0.25, -0.2) is 4.98 Å². The molecular weight excluding hydrogens is 489 g/mol. The van der Waals surface area contributed by atoms with E-state index in [1.165, 1.54) is 11.3 Å². The Kier molecular flexibility index (Phi) is 5.79. The molecule has 0 radical (unpaired) electrons. The van der Waals surface area contributed by atoms with E-state index in [-0.39, 0.29) is 17.1 Å². The van der Waals surface area contributed by atoms with Crippen molar-refractivity contribution in [2.24, 2.45) is 5.41 Å². The minimum absolute atomic E-state index is 0.0209. The fraction of sp³-hybridized carbons (Fsp3) is 0.269. The Morgan fingerprint density at radius 2 is 1.94 bits per heavy atom. The van der Waals surface area contributed by atoms with Crippen molar-refractivity contribution in [1.29, 1.82) is 0 Å². The molecule has 2 aliphatic rings. The second kappa shape index (κ2) is 8.52. The minimum atomic E-state index is -0.598. The Labute approximate surface area is 211 Å². The zero-order chi connectivity index (χ0) is 24.2. The molecule has 8 heteroatoms. The number of nitrogens with zero attached hydrogens (tertiary/aromatic N) is 1. The van der Waals surface area contributed by atoms with Gasteiger partial charge < -0.3 is 5.32 Å². The normalized spacial score (nSPS) is 19.8. The molecular formula is C26H23Cl2N3O2S. The van der Waals surface area contributed by atoms with Crippen LogP contribution in [0.4, 0.5) is 5.13 Å². The topological polar surface area (TPSA) is 71.1 Å². The number of allylic oxidation sites excluding steroid dienone is 3. The highest BCUT2D eigenvalue weighted by Gasteiger charge is 2.43. The van der Waals surface area contributed by atoms with Crippen molar-refractivity contribution >= 4 is 61.6 Å². The molecule has 0 saturated heterocycles. The lowest BCUT2D eigenvalue weighted by Gasteiger charge is -2.39. The summed E-state index contributed by atoms with van der Waals surface area (Å²) in [6.45, 7) is 6.02. The molecule has 1 atom stereocenters. The summed E-state index contributed by atoms with van der Waals surface area (Å²) in [6, 6.07) is 12.9. The summed E-state index contributed by atoms with van der Waals surface area (Å²) < 4.78 is 0.984. The summed E-state index contributed by atoms with van der Waals surface area (Å²) in [5.74, 6) is -0.893. The number of ketones is 1. The number of hydrogen-bond acceptors (Lipinski definition) is 5. The Morgan fingerprint density at radius 1 is 1.18 bits per heavy atom. The van der Waals surface area contributed by atoms with E-state index in [1.54, 1.807) is 18.2 Å². The number of amides is 1. The number of rotatable bonds is 3. The van der Waals surface area contributed by atoms with Crippen LogP contribution in [0.1, 0.15) is 45.1 Å². The molecule has 174 valence electrons. The van der Waals surface area contributed by atoms with E-state index in [1.807, 2.05) is 31.2 Å². The monoisotopic (exact) mass is 511 g/mol. The van der Waals surface area contributed by atoms with Crippen LogP contribution in [-0.4, -0.2) is 16.7 Å². The maximum Gasteiger partial charge on any atom is 0.256 e. The fourth-order valence-corrected chi connectivity index (χ4v) is 6.25. The molecule has 1 amide bonds. The molecule has 34 heavy (non-hydrogen) atoms. The number of Topliss-reactive ketones (excluding diaryl/α,β-unsaturated/α-hetero) is 1. The van der Waals surface area contributed by atoms with Crippen LogP contribution in [0.15, 0.2) is 65.0 Å². The van der Waals surface area contributed by atoms with Crippen molar-refractivity contribution in [2.75, 3.05) is 5.32 Å². The molecule has 0 bridgehead atoms. The zero-order valence-electron chi connectivity index (χ0n) is 19.0. The van der Waals surface area contributed by atoms with Crippen molar-refractivity contribution in [3.8, 4) is 0 Å². The molecule has 2 heterocycles. The number of benzene rings is 2. The van der Waals surface area contributed by atoms with Gasteiger partial charge in [0.05, 0.1) is 10.2 Å². The van der Waals surface area contributed by atoms with E-state index >= 15 is 0 Å². The molecule has 1 aromatic heterocycles. The number of anilines is 1. The lowest BCUT2D eigenvalue weighted by atomic mass is 9.68. The number of dihydropyridines is 1. The second-order valence-electron chi connectivity index (χ2n) is 9.54. The van der Waals surface area contributed by atoms with Crippen LogP contribution >= 0.6 is 34.5 Å². The van der Waals surface area contributed by atoms with Crippen LogP contribution in [0.25, 0.3) is 10.2 Å². The van der Waals surface area contributed by atoms with E-state index < -0.39 is 5.92 Å². The van der Waals surface area contributed by atoms with E-state index in [2.05, 4.69) is 29.5 Å². The Balaban J connectivity index is 1.60. The molecule has 1 aliphatic heterocycles. The average Bonchev–Trinajstić information content (AvgIpc) is 3.14. The zero-order valence-corrected chi connectivity index (χ0v) is 21.3. The summed E-state index contributed by atoms with van der Waals surface area (Å²) in [5, 5.41) is 7.74. The smallest absolute Gasteiger partial charge is 0.256 e. The van der Waals surface area contributed by atoms with Crippen molar-refractivity contribution in [3.63, 3.8) is 0 Å². The number of nitrogens with one attached hydrogen (secondary N) is 2. The Bertz CT molecular complexity index is 1390. The molecule has 1 aliphatic carbocycles. The van der Waals surface area contributed by atoms with Crippen LogP contribution in [0, 0.1) is 5.41 Å². The number of hydrogen-bond donors (Lipinski definition) is 2.